The molecule has 1 N–H and O–H groups in total. The highest BCUT2D eigenvalue weighted by atomic mass is 79.9. The smallest absolute Gasteiger partial charge is 0.272 e. The van der Waals surface area contributed by atoms with Crippen molar-refractivity contribution in [2.45, 2.75) is 19.8 Å². The van der Waals surface area contributed by atoms with Gasteiger partial charge in [0.1, 0.15) is 17.8 Å². The molecule has 2 aromatic rings. The number of amides is 1. The zero-order valence-electron chi connectivity index (χ0n) is 12.7. The fourth-order valence-electron chi connectivity index (χ4n) is 1.92. The third kappa shape index (κ3) is 4.53. The van der Waals surface area contributed by atoms with Crippen LogP contribution >= 0.6 is 15.9 Å². The number of aromatic nitrogens is 2. The van der Waals surface area contributed by atoms with E-state index in [0.29, 0.717) is 11.5 Å². The van der Waals surface area contributed by atoms with Gasteiger partial charge in [-0.2, -0.15) is 0 Å². The zero-order valence-corrected chi connectivity index (χ0v) is 14.3. The highest BCUT2D eigenvalue weighted by molar-refractivity contribution is 9.10. The van der Waals surface area contributed by atoms with E-state index in [4.69, 9.17) is 0 Å². The van der Waals surface area contributed by atoms with Crippen LogP contribution in [0.1, 0.15) is 30.3 Å². The summed E-state index contributed by atoms with van der Waals surface area (Å²) >= 11 is 3.39. The first-order valence-electron chi connectivity index (χ1n) is 7.20. The van der Waals surface area contributed by atoms with E-state index in [1.165, 1.54) is 6.33 Å². The van der Waals surface area contributed by atoms with Crippen LogP contribution in [0.4, 0.5) is 11.5 Å². The van der Waals surface area contributed by atoms with Crippen LogP contribution in [-0.4, -0.2) is 34.4 Å². The average molecular weight is 363 g/mol. The minimum atomic E-state index is -0.0882. The normalized spacial score (nSPS) is 10.3. The average Bonchev–Trinajstić information content (AvgIpc) is 2.54. The molecule has 116 valence electrons. The first-order valence-corrected chi connectivity index (χ1v) is 7.99. The fraction of sp³-hybridized carbons (Fsp3) is 0.312. The van der Waals surface area contributed by atoms with Gasteiger partial charge in [0.25, 0.3) is 5.91 Å². The summed E-state index contributed by atoms with van der Waals surface area (Å²) in [5.41, 5.74) is 1.30. The van der Waals surface area contributed by atoms with Crippen LogP contribution in [0.3, 0.4) is 0 Å². The lowest BCUT2D eigenvalue weighted by molar-refractivity contribution is 0.0787. The van der Waals surface area contributed by atoms with E-state index in [2.05, 4.69) is 38.1 Å². The number of unbranched alkanes of at least 4 members (excludes halogenated alkanes) is 1. The molecule has 1 aromatic carbocycles. The summed E-state index contributed by atoms with van der Waals surface area (Å²) in [6.07, 6.45) is 3.44. The molecule has 0 radical (unpaired) electrons. The molecule has 1 heterocycles. The number of halogens is 1. The van der Waals surface area contributed by atoms with E-state index in [9.17, 15) is 4.79 Å². The lowest BCUT2D eigenvalue weighted by atomic mass is 10.3. The maximum absolute atomic E-state index is 12.3. The van der Waals surface area contributed by atoms with Crippen LogP contribution in [0.15, 0.2) is 41.1 Å². The fourth-order valence-corrected chi connectivity index (χ4v) is 2.18. The minimum absolute atomic E-state index is 0.0882. The standard InChI is InChI=1S/C16H19BrN4O/c1-3-4-9-21(2)16(22)14-10-15(19-11-18-14)20-13-7-5-12(17)6-8-13/h5-8,10-11H,3-4,9H2,1-2H3,(H,18,19,20). The number of nitrogens with one attached hydrogen (secondary N) is 1. The Bertz CT molecular complexity index is 630. The summed E-state index contributed by atoms with van der Waals surface area (Å²) in [6.45, 7) is 2.83. The van der Waals surface area contributed by atoms with Crippen molar-refractivity contribution in [3.63, 3.8) is 0 Å². The van der Waals surface area contributed by atoms with E-state index in [-0.39, 0.29) is 5.91 Å². The molecule has 0 saturated heterocycles. The Morgan fingerprint density at radius 3 is 2.68 bits per heavy atom. The SMILES string of the molecule is CCCCN(C)C(=O)c1cc(Nc2ccc(Br)cc2)ncn1. The number of nitrogens with zero attached hydrogens (tertiary/aromatic N) is 3. The Labute approximate surface area is 138 Å². The highest BCUT2D eigenvalue weighted by Crippen LogP contribution is 2.18. The van der Waals surface area contributed by atoms with Gasteiger partial charge in [-0.3, -0.25) is 4.79 Å². The Kier molecular flexibility index (Phi) is 5.89. The first-order chi connectivity index (χ1) is 10.6. The molecular formula is C16H19BrN4O. The van der Waals surface area contributed by atoms with Gasteiger partial charge < -0.3 is 10.2 Å². The molecule has 0 aliphatic rings. The van der Waals surface area contributed by atoms with Crippen molar-refractivity contribution in [1.29, 1.82) is 0 Å². The van der Waals surface area contributed by atoms with Crippen LogP contribution < -0.4 is 5.32 Å². The van der Waals surface area contributed by atoms with Gasteiger partial charge in [-0.15, -0.1) is 0 Å². The largest absolute Gasteiger partial charge is 0.340 e. The predicted molar refractivity (Wildman–Crippen MR) is 91.3 cm³/mol. The molecule has 1 amide bonds. The molecule has 0 spiro atoms. The molecule has 0 unspecified atom stereocenters. The van der Waals surface area contributed by atoms with Gasteiger partial charge in [0.15, 0.2) is 0 Å². The summed E-state index contributed by atoms with van der Waals surface area (Å²) in [4.78, 5) is 22.2. The second-order valence-electron chi connectivity index (χ2n) is 5.00. The Morgan fingerprint density at radius 2 is 2.00 bits per heavy atom. The van der Waals surface area contributed by atoms with Gasteiger partial charge in [0.05, 0.1) is 0 Å². The van der Waals surface area contributed by atoms with Crippen molar-refractivity contribution in [3.05, 3.63) is 46.8 Å². The molecule has 0 atom stereocenters. The van der Waals surface area contributed by atoms with Crippen molar-refractivity contribution >= 4 is 33.3 Å². The quantitative estimate of drug-likeness (QED) is 0.847. The summed E-state index contributed by atoms with van der Waals surface area (Å²) < 4.78 is 1.01. The van der Waals surface area contributed by atoms with Crippen molar-refractivity contribution in [3.8, 4) is 0 Å². The van der Waals surface area contributed by atoms with Crippen molar-refractivity contribution in [2.75, 3.05) is 18.9 Å². The Morgan fingerprint density at radius 1 is 1.27 bits per heavy atom. The van der Waals surface area contributed by atoms with Crippen LogP contribution in [0.2, 0.25) is 0 Å². The number of anilines is 2. The van der Waals surface area contributed by atoms with Gasteiger partial charge in [-0.05, 0) is 30.7 Å². The van der Waals surface area contributed by atoms with E-state index in [1.807, 2.05) is 24.3 Å². The van der Waals surface area contributed by atoms with E-state index >= 15 is 0 Å². The molecule has 0 bridgehead atoms. The number of hydrogen-bond acceptors (Lipinski definition) is 4. The lowest BCUT2D eigenvalue weighted by Gasteiger charge is -2.16. The lowest BCUT2D eigenvalue weighted by Crippen LogP contribution is -2.28. The molecule has 2 rings (SSSR count). The van der Waals surface area contributed by atoms with Gasteiger partial charge in [0, 0.05) is 29.8 Å². The summed E-state index contributed by atoms with van der Waals surface area (Å²) in [6, 6.07) is 9.41. The summed E-state index contributed by atoms with van der Waals surface area (Å²) in [7, 11) is 1.79. The summed E-state index contributed by atoms with van der Waals surface area (Å²) in [5.74, 6) is 0.513. The summed E-state index contributed by atoms with van der Waals surface area (Å²) in [5, 5.41) is 3.17. The maximum atomic E-state index is 12.3. The predicted octanol–water partition coefficient (Wildman–Crippen LogP) is 3.85. The second kappa shape index (κ2) is 7.89. The Balaban J connectivity index is 2.09. The molecular weight excluding hydrogens is 344 g/mol. The molecule has 0 fully saturated rings. The molecule has 0 aliphatic carbocycles. The molecule has 0 aliphatic heterocycles. The third-order valence-electron chi connectivity index (χ3n) is 3.20. The minimum Gasteiger partial charge on any atom is -0.340 e. The highest BCUT2D eigenvalue weighted by Gasteiger charge is 2.13. The van der Waals surface area contributed by atoms with Crippen molar-refractivity contribution in [1.82, 2.24) is 14.9 Å². The molecule has 22 heavy (non-hydrogen) atoms. The maximum Gasteiger partial charge on any atom is 0.272 e. The first kappa shape index (κ1) is 16.4. The van der Waals surface area contributed by atoms with Crippen LogP contribution in [-0.2, 0) is 0 Å². The van der Waals surface area contributed by atoms with E-state index in [1.54, 1.807) is 18.0 Å². The van der Waals surface area contributed by atoms with E-state index < -0.39 is 0 Å². The number of hydrogen-bond donors (Lipinski definition) is 1. The number of carbonyl (C=O) groups is 1. The van der Waals surface area contributed by atoms with Gasteiger partial charge >= 0.3 is 0 Å². The van der Waals surface area contributed by atoms with Crippen molar-refractivity contribution in [2.24, 2.45) is 0 Å². The number of carbonyl (C=O) groups excluding carboxylic acids is 1. The van der Waals surface area contributed by atoms with E-state index in [0.717, 1.165) is 29.5 Å². The van der Waals surface area contributed by atoms with Gasteiger partial charge in [0.2, 0.25) is 0 Å². The molecule has 5 nitrogen and oxygen atoms in total. The van der Waals surface area contributed by atoms with Gasteiger partial charge in [-0.25, -0.2) is 9.97 Å². The van der Waals surface area contributed by atoms with Crippen LogP contribution in [0.5, 0.6) is 0 Å². The second-order valence-corrected chi connectivity index (χ2v) is 5.92. The molecule has 6 heteroatoms. The Hall–Kier alpha value is -1.95. The molecule has 1 aromatic heterocycles. The third-order valence-corrected chi connectivity index (χ3v) is 3.73. The number of rotatable bonds is 6. The topological polar surface area (TPSA) is 58.1 Å². The van der Waals surface area contributed by atoms with Gasteiger partial charge in [-0.1, -0.05) is 29.3 Å². The molecule has 0 saturated carbocycles. The monoisotopic (exact) mass is 362 g/mol. The van der Waals surface area contributed by atoms with Crippen molar-refractivity contribution < 1.29 is 4.79 Å². The van der Waals surface area contributed by atoms with Crippen LogP contribution in [0.25, 0.3) is 0 Å². The number of benzene rings is 1. The van der Waals surface area contributed by atoms with Crippen LogP contribution in [0, 0.1) is 0 Å². The zero-order chi connectivity index (χ0) is 15.9.